The van der Waals surface area contributed by atoms with E-state index in [0.717, 1.165) is 75.0 Å². The number of pyridine rings is 2. The minimum Gasteiger partial charge on any atom is -1.00 e. The van der Waals surface area contributed by atoms with Gasteiger partial charge in [-0.1, -0.05) is 34.6 Å². The smallest absolute Gasteiger partial charge is 1.00 e. The summed E-state index contributed by atoms with van der Waals surface area (Å²) in [6.45, 7) is 22.8. The van der Waals surface area contributed by atoms with Gasteiger partial charge in [-0.2, -0.15) is 0 Å². The number of aromatic nitrogens is 2. The second-order valence-electron chi connectivity index (χ2n) is 15.8. The number of carbonyl (C=O) groups is 3. The van der Waals surface area contributed by atoms with Crippen LogP contribution in [0, 0.1) is 31.6 Å². The molecule has 6 atom stereocenters. The molecule has 4 saturated heterocycles. The summed E-state index contributed by atoms with van der Waals surface area (Å²) in [6.07, 6.45) is 11.6. The number of nitrogen functional groups attached to an aromatic ring is 1. The van der Waals surface area contributed by atoms with Crippen LogP contribution in [0.15, 0.2) is 36.9 Å². The van der Waals surface area contributed by atoms with Crippen LogP contribution >= 0.6 is 0 Å². The van der Waals surface area contributed by atoms with E-state index >= 15 is 0 Å². The number of hydrogen-bond acceptors (Lipinski definition) is 14. The molecule has 19 heteroatoms. The molecule has 2 aromatic rings. The Morgan fingerprint density at radius 1 is 0.766 bits per heavy atom. The first-order valence-electron chi connectivity index (χ1n) is 22.1. The predicted octanol–water partition coefficient (Wildman–Crippen LogP) is 1.87. The largest absolute Gasteiger partial charge is 1.00 e. The van der Waals surface area contributed by atoms with E-state index in [-0.39, 0.29) is 61.9 Å². The fourth-order valence-electron chi connectivity index (χ4n) is 6.37. The van der Waals surface area contributed by atoms with Crippen LogP contribution in [-0.2, 0) is 18.9 Å². The summed E-state index contributed by atoms with van der Waals surface area (Å²) in [5, 5.41) is 14.7. The average Bonchev–Trinajstić information content (AvgIpc) is 3.88. The van der Waals surface area contributed by atoms with E-state index in [2.05, 4.69) is 102 Å². The average molecular weight is 915 g/mol. The Kier molecular flexibility index (Phi) is 40.8. The molecule has 6 heterocycles. The van der Waals surface area contributed by atoms with Crippen LogP contribution in [-0.4, -0.2) is 168 Å². The molecule has 0 aliphatic carbocycles. The fraction of sp³-hybridized carbons (Fsp3) is 0.711. The summed E-state index contributed by atoms with van der Waals surface area (Å²) in [5.74, 6) is 1.92. The van der Waals surface area contributed by atoms with Crippen molar-refractivity contribution < 1.29 is 53.6 Å². The molecule has 4 aliphatic rings. The number of ether oxygens (including phenoxy) is 4. The van der Waals surface area contributed by atoms with Crippen molar-refractivity contribution in [1.82, 2.24) is 41.0 Å². The number of nitrogens with two attached hydrogens (primary N) is 1. The first-order chi connectivity index (χ1) is 29.6. The molecule has 0 aromatic carbocycles. The second kappa shape index (κ2) is 40.1. The molecular formula is C45H88AlLiN10O7. The zero-order valence-electron chi connectivity index (χ0n) is 42.3. The number of likely N-dealkylation sites (N-methyl/N-ethyl adjacent to an activating group) is 3. The monoisotopic (exact) mass is 915 g/mol. The molecule has 4 fully saturated rings. The summed E-state index contributed by atoms with van der Waals surface area (Å²) in [6, 6.07) is 4.84. The van der Waals surface area contributed by atoms with Gasteiger partial charge in [0.05, 0.1) is 38.9 Å². The van der Waals surface area contributed by atoms with E-state index in [0.29, 0.717) is 23.6 Å². The summed E-state index contributed by atoms with van der Waals surface area (Å²) >= 11 is 0. The molecule has 17 nitrogen and oxygen atoms in total. The van der Waals surface area contributed by atoms with Crippen molar-refractivity contribution >= 4 is 47.0 Å². The van der Waals surface area contributed by atoms with E-state index in [4.69, 9.17) is 10.5 Å². The number of hydrogen-bond donors (Lipinski definition) is 6. The molecule has 0 unspecified atom stereocenters. The number of piperidine rings is 3. The van der Waals surface area contributed by atoms with Gasteiger partial charge in [-0.3, -0.25) is 15.3 Å². The van der Waals surface area contributed by atoms with Crippen LogP contribution in [0.1, 0.15) is 79.3 Å². The molecule has 0 bridgehead atoms. The first-order valence-corrected chi connectivity index (χ1v) is 22.1. The number of anilines is 2. The molecule has 3 amide bonds. The maximum absolute atomic E-state index is 11.0. The zero-order valence-corrected chi connectivity index (χ0v) is 41.3. The third-order valence-corrected chi connectivity index (χ3v) is 10.9. The number of nitrogens with zero attached hydrogens (tertiary/aromatic N) is 4. The van der Waals surface area contributed by atoms with Gasteiger partial charge >= 0.3 is 37.1 Å². The van der Waals surface area contributed by atoms with Crippen molar-refractivity contribution in [2.75, 3.05) is 106 Å². The summed E-state index contributed by atoms with van der Waals surface area (Å²) in [4.78, 5) is 44.9. The number of likely N-dealkylation sites (tertiary alicyclic amines) is 2. The van der Waals surface area contributed by atoms with Gasteiger partial charge in [0.15, 0.2) is 17.4 Å². The molecule has 0 spiro atoms. The Hall–Kier alpha value is -3.16. The van der Waals surface area contributed by atoms with Gasteiger partial charge < -0.3 is 57.2 Å². The Balaban J connectivity index is -0.000000343. The van der Waals surface area contributed by atoms with Gasteiger partial charge in [0.1, 0.15) is 0 Å². The number of aryl methyl sites for hydroxylation is 2. The number of methoxy groups -OCH3 is 3. The number of nitrogens with one attached hydrogen (secondary N) is 5. The molecule has 64 heavy (non-hydrogen) atoms. The molecule has 2 aromatic heterocycles. The fourth-order valence-corrected chi connectivity index (χ4v) is 6.37. The summed E-state index contributed by atoms with van der Waals surface area (Å²) in [7, 11) is 10.4. The van der Waals surface area contributed by atoms with Crippen molar-refractivity contribution in [3.63, 3.8) is 0 Å². The quantitative estimate of drug-likeness (QED) is 0.192. The molecule has 0 saturated carbocycles. The Bertz CT molecular complexity index is 1470. The van der Waals surface area contributed by atoms with Crippen LogP contribution in [0.2, 0.25) is 0 Å². The van der Waals surface area contributed by atoms with Crippen LogP contribution in [0.25, 0.3) is 0 Å². The minimum absolute atomic E-state index is 0. The third kappa shape index (κ3) is 30.1. The molecular weight excluding hydrogens is 826 g/mol. The van der Waals surface area contributed by atoms with Gasteiger partial charge in [0.25, 0.3) is 0 Å². The van der Waals surface area contributed by atoms with E-state index < -0.39 is 6.09 Å². The maximum Gasteiger partial charge on any atom is 1.00 e. The molecule has 7 N–H and O–H groups in total. The molecule has 0 radical (unpaired) electrons. The van der Waals surface area contributed by atoms with Gasteiger partial charge in [-0.25, -0.2) is 14.4 Å². The van der Waals surface area contributed by atoms with E-state index in [1.54, 1.807) is 24.8 Å². The number of alkyl carbamates (subject to hydrolysis) is 2. The normalized spacial score (nSPS) is 22.1. The zero-order chi connectivity index (χ0) is 46.9. The van der Waals surface area contributed by atoms with Crippen molar-refractivity contribution in [3.05, 3.63) is 48.0 Å². The number of carbonyl (C=O) groups excluding carboxylic acids is 3. The van der Waals surface area contributed by atoms with Gasteiger partial charge in [-0.15, -0.1) is 0 Å². The van der Waals surface area contributed by atoms with Gasteiger partial charge in [0, 0.05) is 69.6 Å². The van der Waals surface area contributed by atoms with Crippen molar-refractivity contribution in [1.29, 1.82) is 0 Å². The Labute approximate surface area is 410 Å². The molecule has 4 aliphatic heterocycles. The first kappa shape index (κ1) is 65.1. The van der Waals surface area contributed by atoms with E-state index in [1.165, 1.54) is 53.7 Å². The standard InChI is InChI=1S/C9H18N2O2.C8H16N2O2.C8H10N2O2.C8H18N2.C6H8N2.C4H8O.C2H6.Al.Li.4H/c1-7-4-5-11(2)6-8(7)10-9(12)13-3;2*1-6-3-4-9-5-7(6)10-8(11)12-2;1-7-4-5-10(3)6-8(7)9-2;1-5-2-3-8-4-6(5)7;1-2-4-5-3-1;1-2;;;;;;/h7-8H,4-6H2,1-3H3,(H,10,12);6-7,9H,3-5H2,1-2H3,(H,10,11);3-5H,1-2H3,(H,10,11);7-9H,4-6H2,1-3H3;2-4H,7H2,1H3;1-4H2;1-2H3;;;;;;/q;;;;;;;;+1;;;;-1/t7-,8+;6-,7+;;7-,8+;;;;;;;;;/m11.1........./s1. The number of amides is 3. The molecule has 364 valence electrons. The Morgan fingerprint density at radius 3 is 1.64 bits per heavy atom. The van der Waals surface area contributed by atoms with Crippen molar-refractivity contribution in [3.8, 4) is 0 Å². The minimum atomic E-state index is -0.480. The second-order valence-corrected chi connectivity index (χ2v) is 15.8. The van der Waals surface area contributed by atoms with Crippen LogP contribution < -0.4 is 51.2 Å². The summed E-state index contributed by atoms with van der Waals surface area (Å²) in [5.41, 5.74) is 8.92. The van der Waals surface area contributed by atoms with E-state index in [1.807, 2.05) is 39.8 Å². The molecule has 6 rings (SSSR count). The SMILES string of the molecule is C1CCOC1.CC.CN[C@H]1CN(C)CC[C@H]1C.COC(=O)N[C@H]1CN(C)CC[C@H]1C.COC(=O)N[C@H]1CNCC[C@H]1C.COC(=O)Nc1cnccc1C.Cc1ccncc1N.[AlH3].[H-].[Li+]. The van der Waals surface area contributed by atoms with Crippen LogP contribution in [0.5, 0.6) is 0 Å². The van der Waals surface area contributed by atoms with Crippen molar-refractivity contribution in [2.45, 2.75) is 98.7 Å². The Morgan fingerprint density at radius 2 is 1.23 bits per heavy atom. The van der Waals surface area contributed by atoms with Gasteiger partial charge in [0.2, 0.25) is 0 Å². The maximum atomic E-state index is 11.0. The van der Waals surface area contributed by atoms with Crippen LogP contribution in [0.4, 0.5) is 25.8 Å². The van der Waals surface area contributed by atoms with Crippen LogP contribution in [0.3, 0.4) is 0 Å². The topological polar surface area (TPSA) is 207 Å². The summed E-state index contributed by atoms with van der Waals surface area (Å²) < 4.78 is 18.5. The predicted molar refractivity (Wildman–Crippen MR) is 262 cm³/mol. The third-order valence-electron chi connectivity index (χ3n) is 10.9. The van der Waals surface area contributed by atoms with E-state index in [9.17, 15) is 14.4 Å². The number of rotatable bonds is 4. The van der Waals surface area contributed by atoms with Gasteiger partial charge in [-0.05, 0) is 128 Å². The van der Waals surface area contributed by atoms with Crippen molar-refractivity contribution in [2.24, 2.45) is 17.8 Å².